The van der Waals surface area contributed by atoms with Gasteiger partial charge in [-0.2, -0.15) is 15.1 Å². The second kappa shape index (κ2) is 5.62. The molecular formula is C15H14N4O2. The normalized spacial score (nSPS) is 10.4. The van der Waals surface area contributed by atoms with Gasteiger partial charge in [-0.05, 0) is 12.1 Å². The number of aromatic nitrogens is 4. The number of hydrogen-bond acceptors (Lipinski definition) is 5. The van der Waals surface area contributed by atoms with Crippen LogP contribution in [0.25, 0.3) is 22.5 Å². The molecule has 3 aromatic rings. The second-order valence-electron chi connectivity index (χ2n) is 4.33. The fourth-order valence-corrected chi connectivity index (χ4v) is 2.01. The van der Waals surface area contributed by atoms with Crippen molar-refractivity contribution in [1.29, 1.82) is 0 Å². The highest BCUT2D eigenvalue weighted by Gasteiger charge is 2.09. The van der Waals surface area contributed by atoms with Crippen molar-refractivity contribution >= 4 is 0 Å². The van der Waals surface area contributed by atoms with Gasteiger partial charge in [-0.1, -0.05) is 18.2 Å². The van der Waals surface area contributed by atoms with Crippen LogP contribution < -0.4 is 9.47 Å². The lowest BCUT2D eigenvalue weighted by atomic mass is 10.1. The minimum absolute atomic E-state index is 0.274. The monoisotopic (exact) mass is 282 g/mol. The summed E-state index contributed by atoms with van der Waals surface area (Å²) in [5, 5.41) is 6.91. The van der Waals surface area contributed by atoms with E-state index in [1.807, 2.05) is 30.3 Å². The van der Waals surface area contributed by atoms with Crippen molar-refractivity contribution in [2.75, 3.05) is 14.2 Å². The van der Waals surface area contributed by atoms with Gasteiger partial charge in [0, 0.05) is 23.4 Å². The van der Waals surface area contributed by atoms with Gasteiger partial charge in [0.05, 0.1) is 25.6 Å². The minimum atomic E-state index is 0.274. The molecule has 0 spiro atoms. The number of H-pyrrole nitrogens is 1. The van der Waals surface area contributed by atoms with E-state index in [0.29, 0.717) is 5.88 Å². The average Bonchev–Trinajstić information content (AvgIpc) is 3.09. The van der Waals surface area contributed by atoms with E-state index in [0.717, 1.165) is 22.5 Å². The van der Waals surface area contributed by atoms with Crippen LogP contribution in [-0.4, -0.2) is 34.4 Å². The number of nitrogens with zero attached hydrogens (tertiary/aromatic N) is 3. The van der Waals surface area contributed by atoms with Crippen LogP contribution in [0.2, 0.25) is 0 Å². The van der Waals surface area contributed by atoms with E-state index in [1.54, 1.807) is 19.4 Å². The Morgan fingerprint density at radius 2 is 1.81 bits per heavy atom. The molecule has 0 radical (unpaired) electrons. The van der Waals surface area contributed by atoms with Crippen LogP contribution in [-0.2, 0) is 0 Å². The number of benzene rings is 1. The van der Waals surface area contributed by atoms with Crippen molar-refractivity contribution in [2.45, 2.75) is 0 Å². The third kappa shape index (κ3) is 2.69. The third-order valence-corrected chi connectivity index (χ3v) is 3.04. The van der Waals surface area contributed by atoms with Gasteiger partial charge in [0.25, 0.3) is 0 Å². The number of rotatable bonds is 4. The summed E-state index contributed by atoms with van der Waals surface area (Å²) in [6, 6.07) is 11.9. The summed E-state index contributed by atoms with van der Waals surface area (Å²) in [5.74, 6) is 0.462. The van der Waals surface area contributed by atoms with Gasteiger partial charge in [-0.3, -0.25) is 5.10 Å². The molecule has 6 nitrogen and oxygen atoms in total. The molecule has 0 unspecified atom stereocenters. The molecule has 0 amide bonds. The van der Waals surface area contributed by atoms with Crippen molar-refractivity contribution < 1.29 is 9.47 Å². The van der Waals surface area contributed by atoms with E-state index in [4.69, 9.17) is 9.47 Å². The Morgan fingerprint density at radius 3 is 2.52 bits per heavy atom. The standard InChI is InChI=1S/C15H14N4O2/c1-20-14-9-13(17-15(18-14)21-2)11-5-3-4-10(8-11)12-6-7-16-19-12/h3-9H,1-2H3,(H,16,19). The van der Waals surface area contributed by atoms with Crippen LogP contribution in [0.5, 0.6) is 11.9 Å². The highest BCUT2D eigenvalue weighted by molar-refractivity contribution is 5.69. The number of hydrogen-bond donors (Lipinski definition) is 1. The van der Waals surface area contributed by atoms with Gasteiger partial charge in [0.15, 0.2) is 0 Å². The van der Waals surface area contributed by atoms with Gasteiger partial charge in [0.1, 0.15) is 0 Å². The van der Waals surface area contributed by atoms with Crippen molar-refractivity contribution in [2.24, 2.45) is 0 Å². The van der Waals surface area contributed by atoms with Crippen molar-refractivity contribution in [3.63, 3.8) is 0 Å². The second-order valence-corrected chi connectivity index (χ2v) is 4.33. The first-order valence-corrected chi connectivity index (χ1v) is 6.37. The summed E-state index contributed by atoms with van der Waals surface area (Å²) in [7, 11) is 3.09. The van der Waals surface area contributed by atoms with Crippen molar-refractivity contribution in [3.8, 4) is 34.4 Å². The van der Waals surface area contributed by atoms with Crippen LogP contribution >= 0.6 is 0 Å². The zero-order valence-electron chi connectivity index (χ0n) is 11.7. The molecule has 0 saturated carbocycles. The van der Waals surface area contributed by atoms with E-state index in [9.17, 15) is 0 Å². The van der Waals surface area contributed by atoms with Crippen LogP contribution in [0.4, 0.5) is 0 Å². The smallest absolute Gasteiger partial charge is 0.320 e. The first kappa shape index (κ1) is 13.1. The molecule has 1 N–H and O–H groups in total. The molecule has 2 heterocycles. The van der Waals surface area contributed by atoms with Crippen LogP contribution in [0.15, 0.2) is 42.6 Å². The molecule has 0 aliphatic carbocycles. The Balaban J connectivity index is 2.06. The molecule has 0 fully saturated rings. The minimum Gasteiger partial charge on any atom is -0.481 e. The molecule has 0 saturated heterocycles. The highest BCUT2D eigenvalue weighted by Crippen LogP contribution is 2.27. The summed E-state index contributed by atoms with van der Waals surface area (Å²) < 4.78 is 10.3. The summed E-state index contributed by atoms with van der Waals surface area (Å²) >= 11 is 0. The number of aromatic amines is 1. The quantitative estimate of drug-likeness (QED) is 0.796. The van der Waals surface area contributed by atoms with Crippen LogP contribution in [0.3, 0.4) is 0 Å². The first-order chi connectivity index (χ1) is 10.3. The molecule has 1 aromatic carbocycles. The van der Waals surface area contributed by atoms with Crippen LogP contribution in [0.1, 0.15) is 0 Å². The zero-order valence-corrected chi connectivity index (χ0v) is 11.7. The molecule has 0 aliphatic rings. The molecule has 106 valence electrons. The summed E-state index contributed by atoms with van der Waals surface area (Å²) in [5.41, 5.74) is 3.66. The summed E-state index contributed by atoms with van der Waals surface area (Å²) in [6.07, 6.45) is 1.72. The Morgan fingerprint density at radius 1 is 0.952 bits per heavy atom. The van der Waals surface area contributed by atoms with E-state index < -0.39 is 0 Å². The number of ether oxygens (including phenoxy) is 2. The Bertz CT molecular complexity index is 719. The molecule has 0 aliphatic heterocycles. The van der Waals surface area contributed by atoms with Gasteiger partial charge < -0.3 is 9.47 Å². The molecular weight excluding hydrogens is 268 g/mol. The lowest BCUT2D eigenvalue weighted by molar-refractivity contribution is 0.353. The van der Waals surface area contributed by atoms with Crippen LogP contribution in [0, 0.1) is 0 Å². The SMILES string of the molecule is COc1cc(-c2cccc(-c3ccn[nH]3)c2)nc(OC)n1. The van der Waals surface area contributed by atoms with Gasteiger partial charge >= 0.3 is 6.01 Å². The molecule has 6 heteroatoms. The lowest BCUT2D eigenvalue weighted by Gasteiger charge is -2.07. The van der Waals surface area contributed by atoms with Gasteiger partial charge in [-0.25, -0.2) is 0 Å². The molecule has 0 atom stereocenters. The van der Waals surface area contributed by atoms with Crippen molar-refractivity contribution in [3.05, 3.63) is 42.6 Å². The first-order valence-electron chi connectivity index (χ1n) is 6.37. The average molecular weight is 282 g/mol. The molecule has 21 heavy (non-hydrogen) atoms. The predicted molar refractivity (Wildman–Crippen MR) is 78.2 cm³/mol. The topological polar surface area (TPSA) is 72.9 Å². The maximum atomic E-state index is 5.17. The van der Waals surface area contributed by atoms with Gasteiger partial charge in [-0.15, -0.1) is 0 Å². The largest absolute Gasteiger partial charge is 0.481 e. The molecule has 0 bridgehead atoms. The Kier molecular flexibility index (Phi) is 3.51. The fraction of sp³-hybridized carbons (Fsp3) is 0.133. The van der Waals surface area contributed by atoms with Gasteiger partial charge in [0.2, 0.25) is 5.88 Å². The summed E-state index contributed by atoms with van der Waals surface area (Å²) in [4.78, 5) is 8.45. The Labute approximate surface area is 121 Å². The maximum Gasteiger partial charge on any atom is 0.320 e. The molecule has 2 aromatic heterocycles. The number of nitrogens with one attached hydrogen (secondary N) is 1. The lowest BCUT2D eigenvalue weighted by Crippen LogP contribution is -1.97. The van der Waals surface area contributed by atoms with E-state index in [1.165, 1.54) is 7.11 Å². The molecule has 3 rings (SSSR count). The van der Waals surface area contributed by atoms with Crippen molar-refractivity contribution in [1.82, 2.24) is 20.2 Å². The predicted octanol–water partition coefficient (Wildman–Crippen LogP) is 2.55. The zero-order chi connectivity index (χ0) is 14.7. The maximum absolute atomic E-state index is 5.17. The fourth-order valence-electron chi connectivity index (χ4n) is 2.01. The van der Waals surface area contributed by atoms with E-state index in [-0.39, 0.29) is 6.01 Å². The Hall–Kier alpha value is -2.89. The van der Waals surface area contributed by atoms with E-state index >= 15 is 0 Å². The highest BCUT2D eigenvalue weighted by atomic mass is 16.5. The van der Waals surface area contributed by atoms with E-state index in [2.05, 4.69) is 20.2 Å². The number of methoxy groups -OCH3 is 2. The third-order valence-electron chi connectivity index (χ3n) is 3.04. The summed E-state index contributed by atoms with van der Waals surface area (Å²) in [6.45, 7) is 0.